The van der Waals surface area contributed by atoms with Gasteiger partial charge in [0.15, 0.2) is 0 Å². The molecule has 196 valence electrons. The number of rotatable bonds is 10. The molecule has 1 N–H and O–H groups in total. The first kappa shape index (κ1) is 25.9. The lowest BCUT2D eigenvalue weighted by molar-refractivity contribution is -0.122. The summed E-state index contributed by atoms with van der Waals surface area (Å²) >= 11 is 0. The maximum atomic E-state index is 12.8. The standard InChI is InChI=1S/C32H37N5O/c1-2-12-30-23-28(34-37(30)29-17-10-5-11-18-29)24-33-31(38)25-35-19-21-36(22-20-35)32(26-13-6-3-7-14-26)27-15-8-4-9-16-27/h3-11,13-18,23,32H,2,12,19-22,24-25H2,1H3,(H,33,38). The summed E-state index contributed by atoms with van der Waals surface area (Å²) in [5, 5.41) is 7.88. The first-order valence-corrected chi connectivity index (χ1v) is 13.7. The Morgan fingerprint density at radius 1 is 0.842 bits per heavy atom. The number of nitrogens with one attached hydrogen (secondary N) is 1. The number of nitrogens with zero attached hydrogens (tertiary/aromatic N) is 4. The average Bonchev–Trinajstić information content (AvgIpc) is 3.38. The van der Waals surface area contributed by atoms with E-state index in [1.54, 1.807) is 0 Å². The first-order chi connectivity index (χ1) is 18.7. The fraction of sp³-hybridized carbons (Fsp3) is 0.312. The second kappa shape index (κ2) is 12.7. The highest BCUT2D eigenvalue weighted by atomic mass is 16.2. The van der Waals surface area contributed by atoms with Crippen molar-refractivity contribution < 1.29 is 4.79 Å². The highest BCUT2D eigenvalue weighted by Gasteiger charge is 2.27. The number of hydrogen-bond acceptors (Lipinski definition) is 4. The molecule has 4 aromatic rings. The maximum absolute atomic E-state index is 12.8. The summed E-state index contributed by atoms with van der Waals surface area (Å²) in [6.07, 6.45) is 2.00. The van der Waals surface area contributed by atoms with Crippen LogP contribution < -0.4 is 5.32 Å². The van der Waals surface area contributed by atoms with E-state index in [0.29, 0.717) is 13.1 Å². The van der Waals surface area contributed by atoms with Crippen LogP contribution in [0.2, 0.25) is 0 Å². The molecule has 3 aromatic carbocycles. The van der Waals surface area contributed by atoms with Gasteiger partial charge in [0.1, 0.15) is 0 Å². The lowest BCUT2D eigenvalue weighted by Gasteiger charge is -2.39. The first-order valence-electron chi connectivity index (χ1n) is 13.7. The van der Waals surface area contributed by atoms with Crippen molar-refractivity contribution >= 4 is 5.91 Å². The second-order valence-electron chi connectivity index (χ2n) is 9.94. The quantitative estimate of drug-likeness (QED) is 0.334. The van der Waals surface area contributed by atoms with Gasteiger partial charge in [0, 0.05) is 31.9 Å². The molecule has 0 aliphatic carbocycles. The van der Waals surface area contributed by atoms with Crippen LogP contribution in [0.25, 0.3) is 5.69 Å². The third kappa shape index (κ3) is 6.39. The van der Waals surface area contributed by atoms with Crippen LogP contribution in [0.4, 0.5) is 0 Å². The van der Waals surface area contributed by atoms with Crippen molar-refractivity contribution in [3.8, 4) is 5.69 Å². The molecule has 1 saturated heterocycles. The van der Waals surface area contributed by atoms with Crippen LogP contribution in [-0.4, -0.2) is 58.2 Å². The molecular weight excluding hydrogens is 470 g/mol. The predicted octanol–water partition coefficient (Wildman–Crippen LogP) is 4.85. The molecule has 5 rings (SSSR count). The lowest BCUT2D eigenvalue weighted by Crippen LogP contribution is -2.50. The van der Waals surface area contributed by atoms with Gasteiger partial charge in [-0.25, -0.2) is 4.68 Å². The Morgan fingerprint density at radius 3 is 2.00 bits per heavy atom. The third-order valence-electron chi connectivity index (χ3n) is 7.18. The van der Waals surface area contributed by atoms with Gasteiger partial charge in [-0.3, -0.25) is 14.6 Å². The Hall–Kier alpha value is -3.74. The zero-order valence-corrected chi connectivity index (χ0v) is 22.2. The summed E-state index contributed by atoms with van der Waals surface area (Å²) in [6.45, 7) is 6.61. The Labute approximate surface area is 225 Å². The smallest absolute Gasteiger partial charge is 0.234 e. The van der Waals surface area contributed by atoms with Crippen molar-refractivity contribution in [3.05, 3.63) is 120 Å². The fourth-order valence-electron chi connectivity index (χ4n) is 5.30. The normalized spacial score (nSPS) is 14.6. The number of carbonyl (C=O) groups is 1. The molecule has 0 saturated carbocycles. The number of aromatic nitrogens is 2. The Morgan fingerprint density at radius 2 is 1.42 bits per heavy atom. The minimum atomic E-state index is 0.0485. The summed E-state index contributed by atoms with van der Waals surface area (Å²) in [7, 11) is 0. The van der Waals surface area contributed by atoms with Crippen LogP contribution in [0.1, 0.15) is 41.9 Å². The molecule has 2 heterocycles. The summed E-state index contributed by atoms with van der Waals surface area (Å²) in [5.74, 6) is 0.0485. The van der Waals surface area contributed by atoms with E-state index in [0.717, 1.165) is 50.4 Å². The number of amides is 1. The molecule has 1 fully saturated rings. The van der Waals surface area contributed by atoms with Crippen LogP contribution >= 0.6 is 0 Å². The number of aryl methyl sites for hydroxylation is 1. The molecule has 0 atom stereocenters. The van der Waals surface area contributed by atoms with Gasteiger partial charge in [-0.2, -0.15) is 5.10 Å². The lowest BCUT2D eigenvalue weighted by atomic mass is 9.96. The molecule has 1 aromatic heterocycles. The highest BCUT2D eigenvalue weighted by molar-refractivity contribution is 5.78. The number of piperazine rings is 1. The molecule has 0 spiro atoms. The van der Waals surface area contributed by atoms with E-state index >= 15 is 0 Å². The van der Waals surface area contributed by atoms with E-state index in [2.05, 4.69) is 101 Å². The van der Waals surface area contributed by atoms with E-state index in [9.17, 15) is 4.79 Å². The van der Waals surface area contributed by atoms with E-state index in [1.165, 1.54) is 16.8 Å². The molecule has 1 amide bonds. The molecule has 6 nitrogen and oxygen atoms in total. The molecule has 1 aliphatic heterocycles. The number of benzene rings is 3. The SMILES string of the molecule is CCCc1cc(CNC(=O)CN2CCN(C(c3ccccc3)c3ccccc3)CC2)nn1-c1ccccc1. The van der Waals surface area contributed by atoms with Gasteiger partial charge in [0.05, 0.1) is 30.5 Å². The topological polar surface area (TPSA) is 53.4 Å². The summed E-state index contributed by atoms with van der Waals surface area (Å²) in [5.41, 5.74) is 5.73. The van der Waals surface area contributed by atoms with Crippen molar-refractivity contribution in [3.63, 3.8) is 0 Å². The van der Waals surface area contributed by atoms with Crippen LogP contribution in [0.15, 0.2) is 97.1 Å². The van der Waals surface area contributed by atoms with Crippen LogP contribution in [0.3, 0.4) is 0 Å². The maximum Gasteiger partial charge on any atom is 0.234 e. The summed E-state index contributed by atoms with van der Waals surface area (Å²) in [4.78, 5) is 17.6. The van der Waals surface area contributed by atoms with Gasteiger partial charge in [-0.05, 0) is 35.7 Å². The van der Waals surface area contributed by atoms with Gasteiger partial charge in [-0.15, -0.1) is 0 Å². The van der Waals surface area contributed by atoms with Gasteiger partial charge in [0.2, 0.25) is 5.91 Å². The zero-order chi connectivity index (χ0) is 26.2. The van der Waals surface area contributed by atoms with Crippen LogP contribution in [-0.2, 0) is 17.8 Å². The van der Waals surface area contributed by atoms with E-state index in [-0.39, 0.29) is 11.9 Å². The van der Waals surface area contributed by atoms with Crippen LogP contribution in [0, 0.1) is 0 Å². The molecule has 38 heavy (non-hydrogen) atoms. The largest absolute Gasteiger partial charge is 0.349 e. The fourth-order valence-corrected chi connectivity index (χ4v) is 5.30. The van der Waals surface area contributed by atoms with Crippen molar-refractivity contribution in [2.24, 2.45) is 0 Å². The molecule has 0 radical (unpaired) electrons. The zero-order valence-electron chi connectivity index (χ0n) is 22.2. The van der Waals surface area contributed by atoms with Gasteiger partial charge >= 0.3 is 0 Å². The Kier molecular flexibility index (Phi) is 8.64. The highest BCUT2D eigenvalue weighted by Crippen LogP contribution is 2.29. The van der Waals surface area contributed by atoms with Gasteiger partial charge in [-0.1, -0.05) is 92.2 Å². The third-order valence-corrected chi connectivity index (χ3v) is 7.18. The van der Waals surface area contributed by atoms with E-state index < -0.39 is 0 Å². The second-order valence-corrected chi connectivity index (χ2v) is 9.94. The van der Waals surface area contributed by atoms with Gasteiger partial charge in [0.25, 0.3) is 0 Å². The molecule has 1 aliphatic rings. The summed E-state index contributed by atoms with van der Waals surface area (Å²) < 4.78 is 2.00. The monoisotopic (exact) mass is 507 g/mol. The van der Waals surface area contributed by atoms with E-state index in [1.807, 2.05) is 22.9 Å². The Bertz CT molecular complexity index is 1240. The summed E-state index contributed by atoms with van der Waals surface area (Å²) in [6, 6.07) is 34.0. The molecular formula is C32H37N5O. The molecule has 6 heteroatoms. The van der Waals surface area contributed by atoms with Crippen LogP contribution in [0.5, 0.6) is 0 Å². The van der Waals surface area contributed by atoms with Crippen molar-refractivity contribution in [1.29, 1.82) is 0 Å². The number of hydrogen-bond donors (Lipinski definition) is 1. The van der Waals surface area contributed by atoms with Crippen molar-refractivity contribution in [2.45, 2.75) is 32.4 Å². The average molecular weight is 508 g/mol. The predicted molar refractivity (Wildman–Crippen MR) is 152 cm³/mol. The Balaban J connectivity index is 1.16. The van der Waals surface area contributed by atoms with Gasteiger partial charge < -0.3 is 5.32 Å². The molecule has 0 unspecified atom stereocenters. The minimum absolute atomic E-state index is 0.0485. The van der Waals surface area contributed by atoms with Crippen molar-refractivity contribution in [2.75, 3.05) is 32.7 Å². The molecule has 0 bridgehead atoms. The van der Waals surface area contributed by atoms with Crippen molar-refractivity contribution in [1.82, 2.24) is 24.9 Å². The number of para-hydroxylation sites is 1. The van der Waals surface area contributed by atoms with E-state index in [4.69, 9.17) is 5.10 Å². The minimum Gasteiger partial charge on any atom is -0.349 e. The number of carbonyl (C=O) groups excluding carboxylic acids is 1.